The van der Waals surface area contributed by atoms with E-state index < -0.39 is 0 Å². The summed E-state index contributed by atoms with van der Waals surface area (Å²) in [7, 11) is 0. The summed E-state index contributed by atoms with van der Waals surface area (Å²) in [5.74, 6) is 0. The van der Waals surface area contributed by atoms with Crippen molar-refractivity contribution in [3.63, 3.8) is 0 Å². The topological polar surface area (TPSA) is 12.4 Å². The molecule has 1 aliphatic heterocycles. The van der Waals surface area contributed by atoms with Crippen molar-refractivity contribution in [1.29, 1.82) is 0 Å². The molecule has 1 nitrogen and oxygen atoms in total. The Hall–Kier alpha value is -1.37. The average molecular weight is 157 g/mol. The van der Waals surface area contributed by atoms with E-state index in [-0.39, 0.29) is 0 Å². The van der Waals surface area contributed by atoms with Crippen molar-refractivity contribution in [3.8, 4) is 0 Å². The predicted octanol–water partition coefficient (Wildman–Crippen LogP) is 2.24. The highest BCUT2D eigenvalue weighted by molar-refractivity contribution is 5.74. The molecule has 0 saturated heterocycles. The van der Waals surface area contributed by atoms with Crippen LogP contribution in [0.2, 0.25) is 0 Å². The zero-order valence-corrected chi connectivity index (χ0v) is 6.85. The minimum Gasteiger partial charge on any atom is -0.285 e. The maximum absolute atomic E-state index is 4.29. The first-order valence-corrected chi connectivity index (χ1v) is 4.19. The quantitative estimate of drug-likeness (QED) is 0.624. The first-order valence-electron chi connectivity index (χ1n) is 4.19. The van der Waals surface area contributed by atoms with E-state index in [2.05, 4.69) is 35.3 Å². The molecule has 0 N–H and O–H groups in total. The standard InChI is InChI=1S/C11H11N/c1-2-5-10(6-3-1)9-11-7-4-8-12-11/h1-8,11H,9H2. The van der Waals surface area contributed by atoms with Crippen LogP contribution in [0.5, 0.6) is 0 Å². The summed E-state index contributed by atoms with van der Waals surface area (Å²) < 4.78 is 0. The van der Waals surface area contributed by atoms with E-state index in [1.807, 2.05) is 18.4 Å². The summed E-state index contributed by atoms with van der Waals surface area (Å²) in [4.78, 5) is 4.29. The molecule has 0 spiro atoms. The number of nitrogens with zero attached hydrogens (tertiary/aromatic N) is 1. The fourth-order valence-corrected chi connectivity index (χ4v) is 1.36. The molecule has 0 aliphatic carbocycles. The van der Waals surface area contributed by atoms with Gasteiger partial charge in [-0.3, -0.25) is 4.99 Å². The monoisotopic (exact) mass is 157 g/mol. The Balaban J connectivity index is 2.04. The van der Waals surface area contributed by atoms with Crippen LogP contribution in [-0.2, 0) is 6.42 Å². The molecule has 1 aliphatic rings. The van der Waals surface area contributed by atoms with Crippen molar-refractivity contribution < 1.29 is 0 Å². The van der Waals surface area contributed by atoms with Gasteiger partial charge in [0.05, 0.1) is 6.04 Å². The Morgan fingerprint density at radius 3 is 2.67 bits per heavy atom. The highest BCUT2D eigenvalue weighted by Crippen LogP contribution is 2.08. The van der Waals surface area contributed by atoms with E-state index in [0.717, 1.165) is 6.42 Å². The van der Waals surface area contributed by atoms with Gasteiger partial charge in [0.15, 0.2) is 0 Å². The first kappa shape index (κ1) is 7.29. The number of hydrogen-bond donors (Lipinski definition) is 0. The maximum atomic E-state index is 4.29. The van der Waals surface area contributed by atoms with E-state index in [9.17, 15) is 0 Å². The van der Waals surface area contributed by atoms with E-state index in [1.165, 1.54) is 5.56 Å². The van der Waals surface area contributed by atoms with Gasteiger partial charge in [-0.15, -0.1) is 0 Å². The van der Waals surface area contributed by atoms with Crippen molar-refractivity contribution in [2.75, 3.05) is 0 Å². The lowest BCUT2D eigenvalue weighted by atomic mass is 10.1. The van der Waals surface area contributed by atoms with Crippen LogP contribution in [0.25, 0.3) is 0 Å². The number of rotatable bonds is 2. The van der Waals surface area contributed by atoms with Crippen LogP contribution in [0.15, 0.2) is 47.5 Å². The summed E-state index contributed by atoms with van der Waals surface area (Å²) in [5, 5.41) is 0. The molecule has 0 fully saturated rings. The lowest BCUT2D eigenvalue weighted by molar-refractivity contribution is 0.827. The number of aliphatic imine (C=N–C) groups is 1. The number of allylic oxidation sites excluding steroid dienone is 1. The lowest BCUT2D eigenvalue weighted by Crippen LogP contribution is -2.01. The molecule has 1 heteroatoms. The minimum atomic E-state index is 0.368. The predicted molar refractivity (Wildman–Crippen MR) is 51.6 cm³/mol. The van der Waals surface area contributed by atoms with Gasteiger partial charge < -0.3 is 0 Å². The fourth-order valence-electron chi connectivity index (χ4n) is 1.36. The molecule has 0 bridgehead atoms. The third-order valence-electron chi connectivity index (χ3n) is 1.98. The van der Waals surface area contributed by atoms with Crippen molar-refractivity contribution >= 4 is 6.21 Å². The van der Waals surface area contributed by atoms with Gasteiger partial charge in [0.2, 0.25) is 0 Å². The van der Waals surface area contributed by atoms with Crippen LogP contribution in [-0.4, -0.2) is 12.3 Å². The average Bonchev–Trinajstić information content (AvgIpc) is 2.59. The third-order valence-corrected chi connectivity index (χ3v) is 1.98. The summed E-state index contributed by atoms with van der Waals surface area (Å²) in [6, 6.07) is 10.8. The Labute approximate surface area is 72.5 Å². The van der Waals surface area contributed by atoms with Gasteiger partial charge in [-0.2, -0.15) is 0 Å². The Kier molecular flexibility index (Phi) is 2.04. The molecule has 0 amide bonds. The lowest BCUT2D eigenvalue weighted by Gasteiger charge is -2.03. The zero-order chi connectivity index (χ0) is 8.23. The van der Waals surface area contributed by atoms with E-state index in [1.54, 1.807) is 0 Å². The molecule has 12 heavy (non-hydrogen) atoms. The van der Waals surface area contributed by atoms with Gasteiger partial charge in [-0.25, -0.2) is 0 Å². The SMILES string of the molecule is C1=CC(Cc2ccccc2)N=C1. The summed E-state index contributed by atoms with van der Waals surface area (Å²) in [6.07, 6.45) is 7.03. The molecule has 2 rings (SSSR count). The fraction of sp³-hybridized carbons (Fsp3) is 0.182. The molecule has 1 aromatic carbocycles. The molecule has 60 valence electrons. The molecule has 1 heterocycles. The molecule has 0 saturated carbocycles. The van der Waals surface area contributed by atoms with E-state index in [0.29, 0.717) is 6.04 Å². The molecule has 1 atom stereocenters. The molecule has 1 aromatic rings. The maximum Gasteiger partial charge on any atom is 0.0723 e. The van der Waals surface area contributed by atoms with Crippen LogP contribution < -0.4 is 0 Å². The van der Waals surface area contributed by atoms with Gasteiger partial charge in [-0.05, 0) is 18.1 Å². The normalized spacial score (nSPS) is 20.2. The highest BCUT2D eigenvalue weighted by atomic mass is 14.8. The van der Waals surface area contributed by atoms with Crippen molar-refractivity contribution in [2.24, 2.45) is 4.99 Å². The van der Waals surface area contributed by atoms with Gasteiger partial charge in [0.1, 0.15) is 0 Å². The molecular formula is C11H11N. The molecule has 0 aromatic heterocycles. The minimum absolute atomic E-state index is 0.368. The Morgan fingerprint density at radius 1 is 1.17 bits per heavy atom. The number of benzene rings is 1. The molecule has 0 radical (unpaired) electrons. The van der Waals surface area contributed by atoms with E-state index in [4.69, 9.17) is 0 Å². The van der Waals surface area contributed by atoms with E-state index >= 15 is 0 Å². The van der Waals surface area contributed by atoms with Crippen LogP contribution in [0.1, 0.15) is 5.56 Å². The smallest absolute Gasteiger partial charge is 0.0723 e. The summed E-state index contributed by atoms with van der Waals surface area (Å²) >= 11 is 0. The largest absolute Gasteiger partial charge is 0.285 e. The number of hydrogen-bond acceptors (Lipinski definition) is 1. The van der Waals surface area contributed by atoms with Gasteiger partial charge >= 0.3 is 0 Å². The third kappa shape index (κ3) is 1.62. The van der Waals surface area contributed by atoms with Crippen LogP contribution in [0.4, 0.5) is 0 Å². The highest BCUT2D eigenvalue weighted by Gasteiger charge is 2.04. The van der Waals surface area contributed by atoms with Crippen LogP contribution in [0, 0.1) is 0 Å². The second-order valence-electron chi connectivity index (χ2n) is 2.94. The summed E-state index contributed by atoms with van der Waals surface area (Å²) in [6.45, 7) is 0. The summed E-state index contributed by atoms with van der Waals surface area (Å²) in [5.41, 5.74) is 1.35. The zero-order valence-electron chi connectivity index (χ0n) is 6.85. The first-order chi connectivity index (χ1) is 5.95. The molecular weight excluding hydrogens is 146 g/mol. The molecule has 1 unspecified atom stereocenters. The van der Waals surface area contributed by atoms with Crippen LogP contribution >= 0.6 is 0 Å². The van der Waals surface area contributed by atoms with Crippen molar-refractivity contribution in [3.05, 3.63) is 48.0 Å². The van der Waals surface area contributed by atoms with Gasteiger partial charge in [-0.1, -0.05) is 36.4 Å². The van der Waals surface area contributed by atoms with Gasteiger partial charge in [0, 0.05) is 6.21 Å². The van der Waals surface area contributed by atoms with Crippen LogP contribution in [0.3, 0.4) is 0 Å². The van der Waals surface area contributed by atoms with Crippen molar-refractivity contribution in [2.45, 2.75) is 12.5 Å². The Bertz CT molecular complexity index is 286. The van der Waals surface area contributed by atoms with Crippen molar-refractivity contribution in [1.82, 2.24) is 0 Å². The van der Waals surface area contributed by atoms with Gasteiger partial charge in [0.25, 0.3) is 0 Å². The Morgan fingerprint density at radius 2 is 2.00 bits per heavy atom. The second kappa shape index (κ2) is 3.35. The second-order valence-corrected chi connectivity index (χ2v) is 2.94.